The zero-order chi connectivity index (χ0) is 15.3. The minimum Gasteiger partial charge on any atom is -0.368 e. The number of nitrogens with one attached hydrogen (secondary N) is 1. The smallest absolute Gasteiger partial charge is 0.242 e. The number of likely N-dealkylation sites (tertiary alicyclic amines) is 1. The van der Waals surface area contributed by atoms with Gasteiger partial charge in [0.1, 0.15) is 5.54 Å². The Bertz CT molecular complexity index is 462. The van der Waals surface area contributed by atoms with E-state index in [9.17, 15) is 4.79 Å². The Labute approximate surface area is 127 Å². The predicted octanol–water partition coefficient (Wildman–Crippen LogP) is 1.71. The number of carbonyl (C=O) groups is 1. The van der Waals surface area contributed by atoms with Crippen molar-refractivity contribution in [1.29, 1.82) is 0 Å². The fourth-order valence-corrected chi connectivity index (χ4v) is 3.30. The lowest BCUT2D eigenvalue weighted by molar-refractivity contribution is -0.125. The molecule has 1 aliphatic rings. The highest BCUT2D eigenvalue weighted by atomic mass is 16.1. The van der Waals surface area contributed by atoms with Crippen molar-refractivity contribution in [3.8, 4) is 0 Å². The minimum absolute atomic E-state index is 0.303. The van der Waals surface area contributed by atoms with Crippen molar-refractivity contribution in [3.63, 3.8) is 0 Å². The average molecular weight is 289 g/mol. The lowest BCUT2D eigenvalue weighted by Gasteiger charge is -2.32. The highest BCUT2D eigenvalue weighted by molar-refractivity contribution is 5.86. The molecule has 0 bridgehead atoms. The molecule has 1 fully saturated rings. The summed E-state index contributed by atoms with van der Waals surface area (Å²) in [4.78, 5) is 14.6. The maximum absolute atomic E-state index is 12.1. The summed E-state index contributed by atoms with van der Waals surface area (Å²) < 4.78 is 0. The highest BCUT2D eigenvalue weighted by Gasteiger charge is 2.37. The summed E-state index contributed by atoms with van der Waals surface area (Å²) in [5, 5.41) is 3.18. The van der Waals surface area contributed by atoms with Gasteiger partial charge in [0.2, 0.25) is 5.91 Å². The van der Waals surface area contributed by atoms with Gasteiger partial charge in [-0.3, -0.25) is 4.79 Å². The lowest BCUT2D eigenvalue weighted by Crippen LogP contribution is -2.52. The molecule has 0 saturated carbocycles. The van der Waals surface area contributed by atoms with Gasteiger partial charge in [-0.2, -0.15) is 0 Å². The van der Waals surface area contributed by atoms with Gasteiger partial charge in [0.15, 0.2) is 0 Å². The van der Waals surface area contributed by atoms with Crippen LogP contribution in [-0.2, 0) is 10.3 Å². The molecule has 2 rings (SSSR count). The first-order valence-electron chi connectivity index (χ1n) is 7.89. The molecule has 4 heteroatoms. The molecule has 0 aromatic heterocycles. The Morgan fingerprint density at radius 2 is 2.14 bits per heavy atom. The van der Waals surface area contributed by atoms with E-state index in [0.29, 0.717) is 6.42 Å². The van der Waals surface area contributed by atoms with Crippen LogP contribution in [0, 0.1) is 5.92 Å². The molecule has 4 nitrogen and oxygen atoms in total. The predicted molar refractivity (Wildman–Crippen MR) is 85.8 cm³/mol. The number of benzene rings is 1. The zero-order valence-electron chi connectivity index (χ0n) is 13.1. The summed E-state index contributed by atoms with van der Waals surface area (Å²) in [6, 6.07) is 9.80. The normalized spacial score (nSPS) is 22.1. The standard InChI is InChI=1S/C17H27N3O/c1-3-14-9-11-20(13-14)12-10-17(19-2,16(18)21)15-7-5-4-6-8-15/h4-8,14,19H,3,9-13H2,1-2H3,(H2,18,21). The molecule has 1 aromatic rings. The quantitative estimate of drug-likeness (QED) is 0.803. The van der Waals surface area contributed by atoms with Crippen LogP contribution in [0.25, 0.3) is 0 Å². The first-order chi connectivity index (χ1) is 10.1. The van der Waals surface area contributed by atoms with Crippen molar-refractivity contribution < 1.29 is 4.79 Å². The van der Waals surface area contributed by atoms with Crippen LogP contribution in [0.2, 0.25) is 0 Å². The van der Waals surface area contributed by atoms with Crippen LogP contribution in [0.4, 0.5) is 0 Å². The van der Waals surface area contributed by atoms with E-state index in [-0.39, 0.29) is 5.91 Å². The lowest BCUT2D eigenvalue weighted by atomic mass is 9.85. The molecule has 2 atom stereocenters. The van der Waals surface area contributed by atoms with Gasteiger partial charge < -0.3 is 16.0 Å². The minimum atomic E-state index is -0.772. The highest BCUT2D eigenvalue weighted by Crippen LogP contribution is 2.27. The number of likely N-dealkylation sites (N-methyl/N-ethyl adjacent to an activating group) is 1. The molecule has 1 heterocycles. The Morgan fingerprint density at radius 3 is 2.67 bits per heavy atom. The Kier molecular flexibility index (Phi) is 5.37. The summed E-state index contributed by atoms with van der Waals surface area (Å²) in [7, 11) is 1.82. The molecular formula is C17H27N3O. The number of hydrogen-bond donors (Lipinski definition) is 2. The maximum atomic E-state index is 12.1. The molecule has 116 valence electrons. The zero-order valence-corrected chi connectivity index (χ0v) is 13.1. The number of nitrogens with two attached hydrogens (primary N) is 1. The fraction of sp³-hybridized carbons (Fsp3) is 0.588. The summed E-state index contributed by atoms with van der Waals surface area (Å²) in [6.45, 7) is 5.42. The van der Waals surface area contributed by atoms with E-state index in [4.69, 9.17) is 5.73 Å². The van der Waals surface area contributed by atoms with Gasteiger partial charge in [-0.15, -0.1) is 0 Å². The van der Waals surface area contributed by atoms with Crippen molar-refractivity contribution in [2.75, 3.05) is 26.7 Å². The largest absolute Gasteiger partial charge is 0.368 e. The van der Waals surface area contributed by atoms with Gasteiger partial charge in [0.25, 0.3) is 0 Å². The van der Waals surface area contributed by atoms with Crippen molar-refractivity contribution in [3.05, 3.63) is 35.9 Å². The van der Waals surface area contributed by atoms with Crippen LogP contribution in [-0.4, -0.2) is 37.5 Å². The van der Waals surface area contributed by atoms with E-state index in [1.807, 2.05) is 37.4 Å². The van der Waals surface area contributed by atoms with Crippen LogP contribution < -0.4 is 11.1 Å². The molecular weight excluding hydrogens is 262 g/mol. The summed E-state index contributed by atoms with van der Waals surface area (Å²) >= 11 is 0. The van der Waals surface area contributed by atoms with Gasteiger partial charge in [-0.25, -0.2) is 0 Å². The van der Waals surface area contributed by atoms with Crippen molar-refractivity contribution in [2.45, 2.75) is 31.7 Å². The van der Waals surface area contributed by atoms with Crippen LogP contribution in [0.3, 0.4) is 0 Å². The Hall–Kier alpha value is -1.39. The van der Waals surface area contributed by atoms with E-state index in [1.54, 1.807) is 0 Å². The second-order valence-corrected chi connectivity index (χ2v) is 6.00. The van der Waals surface area contributed by atoms with Crippen LogP contribution in [0.15, 0.2) is 30.3 Å². The molecule has 1 aromatic carbocycles. The van der Waals surface area contributed by atoms with E-state index < -0.39 is 5.54 Å². The topological polar surface area (TPSA) is 58.4 Å². The molecule has 0 aliphatic carbocycles. The maximum Gasteiger partial charge on any atom is 0.242 e. The summed E-state index contributed by atoms with van der Waals surface area (Å²) in [6.07, 6.45) is 3.21. The summed E-state index contributed by atoms with van der Waals surface area (Å²) in [5.74, 6) is 0.502. The van der Waals surface area contributed by atoms with E-state index in [1.165, 1.54) is 12.8 Å². The first kappa shape index (κ1) is 16.0. The number of nitrogens with zero attached hydrogens (tertiary/aromatic N) is 1. The van der Waals surface area contributed by atoms with Gasteiger partial charge in [-0.05, 0) is 37.9 Å². The third kappa shape index (κ3) is 3.44. The third-order valence-electron chi connectivity index (χ3n) is 4.86. The van der Waals surface area contributed by atoms with Gasteiger partial charge >= 0.3 is 0 Å². The number of hydrogen-bond acceptors (Lipinski definition) is 3. The van der Waals surface area contributed by atoms with E-state index in [2.05, 4.69) is 17.1 Å². The monoisotopic (exact) mass is 289 g/mol. The van der Waals surface area contributed by atoms with Gasteiger partial charge in [-0.1, -0.05) is 43.7 Å². The fourth-order valence-electron chi connectivity index (χ4n) is 3.30. The number of rotatable bonds is 7. The molecule has 1 amide bonds. The third-order valence-corrected chi connectivity index (χ3v) is 4.86. The molecule has 3 N–H and O–H groups in total. The molecule has 21 heavy (non-hydrogen) atoms. The molecule has 1 saturated heterocycles. The Balaban J connectivity index is 2.09. The Morgan fingerprint density at radius 1 is 1.43 bits per heavy atom. The van der Waals surface area contributed by atoms with Crippen molar-refractivity contribution in [2.24, 2.45) is 11.7 Å². The number of amides is 1. The SMILES string of the molecule is CCC1CCN(CCC(NC)(C(N)=O)c2ccccc2)C1. The van der Waals surface area contributed by atoms with Crippen LogP contribution >= 0.6 is 0 Å². The average Bonchev–Trinajstić information content (AvgIpc) is 2.97. The van der Waals surface area contributed by atoms with Crippen LogP contribution in [0.5, 0.6) is 0 Å². The summed E-state index contributed by atoms with van der Waals surface area (Å²) in [5.41, 5.74) is 5.91. The second-order valence-electron chi connectivity index (χ2n) is 6.00. The van der Waals surface area contributed by atoms with E-state index in [0.717, 1.165) is 31.1 Å². The molecule has 0 spiro atoms. The number of primary amides is 1. The van der Waals surface area contributed by atoms with Gasteiger partial charge in [0.05, 0.1) is 0 Å². The van der Waals surface area contributed by atoms with Gasteiger partial charge in [0, 0.05) is 13.1 Å². The number of carbonyl (C=O) groups excluding carboxylic acids is 1. The van der Waals surface area contributed by atoms with Crippen molar-refractivity contribution >= 4 is 5.91 Å². The van der Waals surface area contributed by atoms with E-state index >= 15 is 0 Å². The molecule has 2 unspecified atom stereocenters. The van der Waals surface area contributed by atoms with Crippen molar-refractivity contribution in [1.82, 2.24) is 10.2 Å². The molecule has 1 aliphatic heterocycles. The second kappa shape index (κ2) is 7.05. The van der Waals surface area contributed by atoms with Crippen LogP contribution in [0.1, 0.15) is 31.7 Å². The molecule has 0 radical (unpaired) electrons. The first-order valence-corrected chi connectivity index (χ1v) is 7.89.